The Morgan fingerprint density at radius 1 is 1.18 bits per heavy atom. The summed E-state index contributed by atoms with van der Waals surface area (Å²) in [6, 6.07) is -0.309. The van der Waals surface area contributed by atoms with E-state index in [1.807, 2.05) is 0 Å². The molecule has 2 saturated heterocycles. The summed E-state index contributed by atoms with van der Waals surface area (Å²) in [5.41, 5.74) is -0.611. The van der Waals surface area contributed by atoms with Gasteiger partial charge in [0.1, 0.15) is 5.54 Å². The number of carbonyl (C=O) groups excluding carboxylic acids is 2. The fourth-order valence-electron chi connectivity index (χ4n) is 3.93. The van der Waals surface area contributed by atoms with Crippen LogP contribution in [0.15, 0.2) is 0 Å². The molecule has 3 amide bonds. The molecule has 0 radical (unpaired) electrons. The van der Waals surface area contributed by atoms with E-state index in [1.54, 1.807) is 0 Å². The van der Waals surface area contributed by atoms with E-state index in [9.17, 15) is 9.59 Å². The first-order valence-electron chi connectivity index (χ1n) is 6.45. The van der Waals surface area contributed by atoms with E-state index >= 15 is 0 Å². The lowest BCUT2D eigenvalue weighted by molar-refractivity contribution is -0.131. The molecule has 2 N–H and O–H groups in total. The number of nitrogens with zero attached hydrogens (tertiary/aromatic N) is 1. The fraction of sp³-hybridized carbons (Fsp3) is 0.833. The minimum absolute atomic E-state index is 0.0903. The smallest absolute Gasteiger partial charge is 0.322 e. The predicted molar refractivity (Wildman–Crippen MR) is 62.4 cm³/mol. The summed E-state index contributed by atoms with van der Waals surface area (Å²) < 4.78 is 0. The largest absolute Gasteiger partial charge is 0.323 e. The Morgan fingerprint density at radius 3 is 2.24 bits per heavy atom. The van der Waals surface area contributed by atoms with Gasteiger partial charge in [0.2, 0.25) is 0 Å². The average molecular weight is 237 g/mol. The average Bonchev–Trinajstić information content (AvgIpc) is 2.51. The Labute approximate surface area is 101 Å². The normalized spacial score (nSPS) is 42.2. The van der Waals surface area contributed by atoms with Gasteiger partial charge >= 0.3 is 6.03 Å². The van der Waals surface area contributed by atoms with Crippen LogP contribution in [0.2, 0.25) is 0 Å². The van der Waals surface area contributed by atoms with Crippen molar-refractivity contribution in [1.29, 1.82) is 0 Å². The lowest BCUT2D eigenvalue weighted by Crippen LogP contribution is -2.65. The van der Waals surface area contributed by atoms with E-state index in [0.717, 1.165) is 25.9 Å². The second-order valence-electron chi connectivity index (χ2n) is 5.68. The molecule has 5 heteroatoms. The molecule has 2 unspecified atom stereocenters. The second kappa shape index (κ2) is 3.70. The summed E-state index contributed by atoms with van der Waals surface area (Å²) in [7, 11) is 2.10. The van der Waals surface area contributed by atoms with Crippen LogP contribution >= 0.6 is 0 Å². The number of urea groups is 1. The number of amides is 3. The van der Waals surface area contributed by atoms with Crippen molar-refractivity contribution in [2.24, 2.45) is 11.8 Å². The molecule has 5 nitrogen and oxygen atoms in total. The van der Waals surface area contributed by atoms with Crippen molar-refractivity contribution in [1.82, 2.24) is 15.5 Å². The molecule has 3 aliphatic rings. The van der Waals surface area contributed by atoms with Crippen molar-refractivity contribution in [2.45, 2.75) is 31.2 Å². The van der Waals surface area contributed by atoms with Gasteiger partial charge in [-0.1, -0.05) is 12.8 Å². The Kier molecular flexibility index (Phi) is 2.40. The van der Waals surface area contributed by atoms with Crippen LogP contribution in [0, 0.1) is 11.8 Å². The topological polar surface area (TPSA) is 61.4 Å². The van der Waals surface area contributed by atoms with Crippen LogP contribution in [-0.2, 0) is 4.79 Å². The maximum absolute atomic E-state index is 12.2. The summed E-state index contributed by atoms with van der Waals surface area (Å²) in [6.45, 7) is 1.81. The minimum Gasteiger partial charge on any atom is -0.323 e. The number of hydrogen-bond donors (Lipinski definition) is 2. The first kappa shape index (κ1) is 11.0. The monoisotopic (exact) mass is 237 g/mol. The molecule has 1 saturated carbocycles. The van der Waals surface area contributed by atoms with Gasteiger partial charge in [0.05, 0.1) is 0 Å². The standard InChI is InChI=1S/C12H19N3O2/c1-15-6-8-4-2-3-5-9(7-15)12(8)10(16)13-11(17)14-12/h8-9H,2-7H2,1H3,(H2,13,14,16,17). The number of hydrogen-bond acceptors (Lipinski definition) is 3. The summed E-state index contributed by atoms with van der Waals surface area (Å²) in [4.78, 5) is 26.0. The van der Waals surface area contributed by atoms with Crippen molar-refractivity contribution in [3.05, 3.63) is 0 Å². The highest BCUT2D eigenvalue weighted by Crippen LogP contribution is 2.42. The van der Waals surface area contributed by atoms with E-state index < -0.39 is 5.54 Å². The number of carbonyl (C=O) groups is 2. The van der Waals surface area contributed by atoms with Gasteiger partial charge in [-0.05, 0) is 19.9 Å². The van der Waals surface area contributed by atoms with Gasteiger partial charge in [-0.15, -0.1) is 0 Å². The number of nitrogens with one attached hydrogen (secondary N) is 2. The van der Waals surface area contributed by atoms with Crippen LogP contribution in [0.4, 0.5) is 4.79 Å². The third-order valence-electron chi connectivity index (χ3n) is 4.63. The number of piperidine rings is 1. The van der Waals surface area contributed by atoms with E-state index in [0.29, 0.717) is 0 Å². The third-order valence-corrected chi connectivity index (χ3v) is 4.63. The quantitative estimate of drug-likeness (QED) is 0.596. The van der Waals surface area contributed by atoms with Gasteiger partial charge in [0.15, 0.2) is 0 Å². The van der Waals surface area contributed by atoms with Crippen LogP contribution in [0.25, 0.3) is 0 Å². The highest BCUT2D eigenvalue weighted by atomic mass is 16.2. The molecule has 0 aromatic carbocycles. The maximum Gasteiger partial charge on any atom is 0.322 e. The number of likely N-dealkylation sites (tertiary alicyclic amines) is 1. The van der Waals surface area contributed by atoms with Crippen LogP contribution in [0.3, 0.4) is 0 Å². The summed E-state index contributed by atoms with van der Waals surface area (Å²) in [6.07, 6.45) is 4.41. The van der Waals surface area contributed by atoms with Gasteiger partial charge in [-0.2, -0.15) is 0 Å². The van der Waals surface area contributed by atoms with E-state index in [4.69, 9.17) is 0 Å². The SMILES string of the molecule is CN1CC2CCCCC(C1)C21NC(=O)NC1=O. The zero-order valence-corrected chi connectivity index (χ0v) is 10.2. The van der Waals surface area contributed by atoms with E-state index in [1.165, 1.54) is 12.8 Å². The van der Waals surface area contributed by atoms with Crippen molar-refractivity contribution < 1.29 is 9.59 Å². The molecule has 0 aromatic heterocycles. The minimum atomic E-state index is -0.611. The van der Waals surface area contributed by atoms with Crippen LogP contribution < -0.4 is 10.6 Å². The lowest BCUT2D eigenvalue weighted by Gasteiger charge is -2.47. The molecular weight excluding hydrogens is 218 g/mol. The molecule has 2 aliphatic heterocycles. The van der Waals surface area contributed by atoms with Gasteiger partial charge < -0.3 is 10.2 Å². The van der Waals surface area contributed by atoms with E-state index in [-0.39, 0.29) is 23.8 Å². The Bertz CT molecular complexity index is 353. The molecule has 2 atom stereocenters. The zero-order valence-electron chi connectivity index (χ0n) is 10.2. The predicted octanol–water partition coefficient (Wildman–Crippen LogP) is 0.316. The van der Waals surface area contributed by atoms with Crippen LogP contribution in [0.5, 0.6) is 0 Å². The van der Waals surface area contributed by atoms with Crippen molar-refractivity contribution in [3.8, 4) is 0 Å². The van der Waals surface area contributed by atoms with Gasteiger partial charge in [0, 0.05) is 24.9 Å². The summed E-state index contributed by atoms with van der Waals surface area (Å²) in [5, 5.41) is 5.40. The van der Waals surface area contributed by atoms with Gasteiger partial charge in [-0.25, -0.2) is 4.79 Å². The Morgan fingerprint density at radius 2 is 1.76 bits per heavy atom. The maximum atomic E-state index is 12.2. The molecule has 94 valence electrons. The molecule has 0 aromatic rings. The number of imide groups is 1. The fourth-order valence-corrected chi connectivity index (χ4v) is 3.93. The molecule has 3 fully saturated rings. The van der Waals surface area contributed by atoms with Gasteiger partial charge in [-0.3, -0.25) is 10.1 Å². The molecule has 17 heavy (non-hydrogen) atoms. The van der Waals surface area contributed by atoms with Crippen LogP contribution in [0.1, 0.15) is 25.7 Å². The zero-order chi connectivity index (χ0) is 12.0. The lowest BCUT2D eigenvalue weighted by atomic mass is 9.70. The number of rotatable bonds is 0. The highest BCUT2D eigenvalue weighted by Gasteiger charge is 2.59. The van der Waals surface area contributed by atoms with Crippen molar-refractivity contribution in [2.75, 3.05) is 20.1 Å². The van der Waals surface area contributed by atoms with Crippen molar-refractivity contribution >= 4 is 11.9 Å². The summed E-state index contributed by atoms with van der Waals surface area (Å²) in [5.74, 6) is 0.438. The molecule has 2 heterocycles. The molecule has 1 spiro atoms. The van der Waals surface area contributed by atoms with E-state index in [2.05, 4.69) is 22.6 Å². The molecular formula is C12H19N3O2. The molecule has 2 bridgehead atoms. The third kappa shape index (κ3) is 1.48. The summed E-state index contributed by atoms with van der Waals surface area (Å²) >= 11 is 0. The second-order valence-corrected chi connectivity index (χ2v) is 5.68. The van der Waals surface area contributed by atoms with Crippen LogP contribution in [-0.4, -0.2) is 42.5 Å². The molecule has 1 aliphatic carbocycles. The first-order chi connectivity index (χ1) is 8.13. The Balaban J connectivity index is 2.01. The highest BCUT2D eigenvalue weighted by molar-refractivity contribution is 6.07. The van der Waals surface area contributed by atoms with Gasteiger partial charge in [0.25, 0.3) is 5.91 Å². The Hall–Kier alpha value is -1.10. The van der Waals surface area contributed by atoms with Crippen molar-refractivity contribution in [3.63, 3.8) is 0 Å². The first-order valence-corrected chi connectivity index (χ1v) is 6.45. The molecule has 3 rings (SSSR count).